The highest BCUT2D eigenvalue weighted by Crippen LogP contribution is 2.33. The number of ether oxygens (including phenoxy) is 1. The van der Waals surface area contributed by atoms with Gasteiger partial charge in [-0.15, -0.1) is 0 Å². The highest BCUT2D eigenvalue weighted by atomic mass is 35.5. The van der Waals surface area contributed by atoms with Gasteiger partial charge in [-0.2, -0.15) is 0 Å². The van der Waals surface area contributed by atoms with Crippen LogP contribution in [-0.2, 0) is 0 Å². The molecule has 6 heteroatoms. The average Bonchev–Trinajstić information content (AvgIpc) is 2.69. The summed E-state index contributed by atoms with van der Waals surface area (Å²) in [6, 6.07) is 15.1. The zero-order chi connectivity index (χ0) is 21.0. The van der Waals surface area contributed by atoms with Crippen LogP contribution in [0.5, 0.6) is 11.5 Å². The summed E-state index contributed by atoms with van der Waals surface area (Å²) in [5.74, 6) is -1.42. The summed E-state index contributed by atoms with van der Waals surface area (Å²) >= 11 is 6.13. The molecule has 0 spiro atoms. The predicted octanol–water partition coefficient (Wildman–Crippen LogP) is 6.56. The number of nitrogens with zero attached hydrogens (tertiary/aromatic N) is 1. The van der Waals surface area contributed by atoms with Gasteiger partial charge >= 0.3 is 0 Å². The van der Waals surface area contributed by atoms with Crippen molar-refractivity contribution >= 4 is 17.5 Å². The summed E-state index contributed by atoms with van der Waals surface area (Å²) in [6.07, 6.45) is 0.833. The zero-order valence-electron chi connectivity index (χ0n) is 16.1. The average molecular weight is 416 g/mol. The van der Waals surface area contributed by atoms with E-state index in [2.05, 4.69) is 0 Å². The first kappa shape index (κ1) is 20.8. The molecule has 0 radical (unpaired) electrons. The third-order valence-corrected chi connectivity index (χ3v) is 4.62. The molecule has 0 N–H and O–H groups in total. The van der Waals surface area contributed by atoms with Crippen LogP contribution >= 0.6 is 11.6 Å². The van der Waals surface area contributed by atoms with E-state index in [1.54, 1.807) is 48.3 Å². The van der Waals surface area contributed by atoms with Crippen LogP contribution in [0.4, 0.5) is 8.78 Å². The summed E-state index contributed by atoms with van der Waals surface area (Å²) in [4.78, 5) is 14.6. The lowest BCUT2D eigenvalue weighted by molar-refractivity contribution is 0.0796. The smallest absolute Gasteiger partial charge is 0.254 e. The minimum atomic E-state index is -0.808. The van der Waals surface area contributed by atoms with Crippen molar-refractivity contribution < 1.29 is 18.3 Å². The predicted molar refractivity (Wildman–Crippen MR) is 111 cm³/mol. The molecular weight excluding hydrogens is 396 g/mol. The third-order valence-electron chi connectivity index (χ3n) is 4.38. The normalized spacial score (nSPS) is 10.7. The van der Waals surface area contributed by atoms with Gasteiger partial charge in [-0.25, -0.2) is 8.78 Å². The Morgan fingerprint density at radius 3 is 2.55 bits per heavy atom. The quantitative estimate of drug-likeness (QED) is 0.456. The van der Waals surface area contributed by atoms with Crippen LogP contribution < -0.4 is 4.74 Å². The minimum absolute atomic E-state index is 0.106. The Balaban J connectivity index is 2.05. The summed E-state index contributed by atoms with van der Waals surface area (Å²) in [5.41, 5.74) is 1.83. The molecule has 0 atom stereocenters. The molecule has 3 aromatic rings. The van der Waals surface area contributed by atoms with E-state index in [4.69, 9.17) is 16.3 Å². The maximum absolute atomic E-state index is 14.0. The van der Waals surface area contributed by atoms with E-state index in [1.807, 2.05) is 13.0 Å². The van der Waals surface area contributed by atoms with Crippen molar-refractivity contribution in [2.45, 2.75) is 13.3 Å². The second-order valence-electron chi connectivity index (χ2n) is 6.62. The van der Waals surface area contributed by atoms with Crippen molar-refractivity contribution in [1.29, 1.82) is 0 Å². The first-order valence-corrected chi connectivity index (χ1v) is 9.55. The summed E-state index contributed by atoms with van der Waals surface area (Å²) in [7, 11) is 1.74. The van der Waals surface area contributed by atoms with Gasteiger partial charge in [0.05, 0.1) is 0 Å². The highest BCUT2D eigenvalue weighted by molar-refractivity contribution is 6.30. The number of rotatable bonds is 6. The lowest BCUT2D eigenvalue weighted by Crippen LogP contribution is -2.27. The second-order valence-corrected chi connectivity index (χ2v) is 7.06. The lowest BCUT2D eigenvalue weighted by Gasteiger charge is -2.19. The van der Waals surface area contributed by atoms with Gasteiger partial charge < -0.3 is 9.64 Å². The Hall–Kier alpha value is -2.92. The van der Waals surface area contributed by atoms with Crippen LogP contribution in [0.3, 0.4) is 0 Å². The molecule has 150 valence electrons. The monoisotopic (exact) mass is 415 g/mol. The molecule has 0 aliphatic heterocycles. The van der Waals surface area contributed by atoms with Gasteiger partial charge in [0.15, 0.2) is 11.6 Å². The first-order valence-electron chi connectivity index (χ1n) is 9.17. The molecule has 0 saturated carbocycles. The van der Waals surface area contributed by atoms with Crippen LogP contribution in [-0.4, -0.2) is 24.4 Å². The topological polar surface area (TPSA) is 29.5 Å². The molecule has 0 unspecified atom stereocenters. The molecule has 0 aromatic heterocycles. The van der Waals surface area contributed by atoms with Crippen molar-refractivity contribution in [1.82, 2.24) is 4.90 Å². The van der Waals surface area contributed by atoms with Crippen LogP contribution in [0.1, 0.15) is 23.7 Å². The van der Waals surface area contributed by atoms with Gasteiger partial charge in [-0.05, 0) is 60.0 Å². The third kappa shape index (κ3) is 4.93. The van der Waals surface area contributed by atoms with Crippen molar-refractivity contribution in [3.8, 4) is 22.6 Å². The maximum Gasteiger partial charge on any atom is 0.254 e. The fourth-order valence-corrected chi connectivity index (χ4v) is 3.19. The Labute approximate surface area is 173 Å². The summed E-state index contributed by atoms with van der Waals surface area (Å²) < 4.78 is 32.7. The Kier molecular flexibility index (Phi) is 6.49. The van der Waals surface area contributed by atoms with Crippen LogP contribution in [0.15, 0.2) is 60.7 Å². The highest BCUT2D eigenvalue weighted by Gasteiger charge is 2.18. The van der Waals surface area contributed by atoms with Crippen molar-refractivity contribution in [3.05, 3.63) is 82.9 Å². The number of carbonyl (C=O) groups excluding carboxylic acids is 1. The molecule has 3 aromatic carbocycles. The van der Waals surface area contributed by atoms with E-state index in [0.717, 1.165) is 24.1 Å². The number of amides is 1. The Morgan fingerprint density at radius 1 is 1.07 bits per heavy atom. The minimum Gasteiger partial charge on any atom is -0.454 e. The zero-order valence-corrected chi connectivity index (χ0v) is 16.8. The number of halogens is 3. The van der Waals surface area contributed by atoms with Crippen molar-refractivity contribution in [2.24, 2.45) is 0 Å². The molecule has 29 heavy (non-hydrogen) atoms. The molecule has 0 fully saturated rings. The van der Waals surface area contributed by atoms with E-state index in [1.165, 1.54) is 6.07 Å². The van der Waals surface area contributed by atoms with Gasteiger partial charge in [0.2, 0.25) is 0 Å². The van der Waals surface area contributed by atoms with E-state index in [0.29, 0.717) is 28.4 Å². The second kappa shape index (κ2) is 9.05. The molecule has 1 amide bonds. The summed E-state index contributed by atoms with van der Waals surface area (Å²) in [5, 5.41) is 0.527. The molecule has 0 aliphatic carbocycles. The number of benzene rings is 3. The van der Waals surface area contributed by atoms with Gasteiger partial charge in [0.25, 0.3) is 5.91 Å². The van der Waals surface area contributed by atoms with Crippen LogP contribution in [0.2, 0.25) is 5.02 Å². The Morgan fingerprint density at radius 2 is 1.86 bits per heavy atom. The number of carbonyl (C=O) groups is 1. The van der Waals surface area contributed by atoms with Crippen LogP contribution in [0.25, 0.3) is 11.1 Å². The molecule has 0 heterocycles. The van der Waals surface area contributed by atoms with Crippen LogP contribution in [0, 0.1) is 11.6 Å². The molecule has 0 bridgehead atoms. The fourth-order valence-electron chi connectivity index (χ4n) is 3.00. The number of hydrogen-bond donors (Lipinski definition) is 0. The first-order chi connectivity index (χ1) is 13.9. The SMILES string of the molecule is CCCN(C)C(=O)c1ccc(Oc2ccc(F)cc2F)cc1-c1cccc(Cl)c1. The van der Waals surface area contributed by atoms with E-state index in [-0.39, 0.29) is 11.7 Å². The Bertz CT molecular complexity index is 1040. The molecule has 0 aliphatic rings. The van der Waals surface area contributed by atoms with Gasteiger partial charge in [-0.3, -0.25) is 4.79 Å². The largest absolute Gasteiger partial charge is 0.454 e. The van der Waals surface area contributed by atoms with E-state index >= 15 is 0 Å². The van der Waals surface area contributed by atoms with Crippen molar-refractivity contribution in [2.75, 3.05) is 13.6 Å². The van der Waals surface area contributed by atoms with E-state index < -0.39 is 11.6 Å². The molecule has 3 rings (SSSR count). The lowest BCUT2D eigenvalue weighted by atomic mass is 9.98. The molecule has 0 saturated heterocycles. The maximum atomic E-state index is 14.0. The molecule has 3 nitrogen and oxygen atoms in total. The standard InChI is InChI=1S/C23H20ClF2NO2/c1-3-11-27(2)23(28)19-9-8-18(29-22-10-7-17(25)13-21(22)26)14-20(19)15-5-4-6-16(24)12-15/h4-10,12-14H,3,11H2,1-2H3. The van der Waals surface area contributed by atoms with E-state index in [9.17, 15) is 13.6 Å². The van der Waals surface area contributed by atoms with Gasteiger partial charge in [0.1, 0.15) is 11.6 Å². The summed E-state index contributed by atoms with van der Waals surface area (Å²) in [6.45, 7) is 2.61. The van der Waals surface area contributed by atoms with Gasteiger partial charge in [0, 0.05) is 30.2 Å². The van der Waals surface area contributed by atoms with Gasteiger partial charge in [-0.1, -0.05) is 30.7 Å². The fraction of sp³-hybridized carbons (Fsp3) is 0.174. The van der Waals surface area contributed by atoms with Crippen molar-refractivity contribution in [3.63, 3.8) is 0 Å². The molecular formula is C23H20ClF2NO2. The number of hydrogen-bond acceptors (Lipinski definition) is 2.